The van der Waals surface area contributed by atoms with E-state index in [1.807, 2.05) is 26.8 Å². The highest BCUT2D eigenvalue weighted by atomic mass is 32.2. The number of hydrogen-bond acceptors (Lipinski definition) is 2. The van der Waals surface area contributed by atoms with Gasteiger partial charge in [0.15, 0.2) is 9.84 Å². The van der Waals surface area contributed by atoms with E-state index in [-0.39, 0.29) is 11.7 Å². The van der Waals surface area contributed by atoms with Crippen LogP contribution in [0.2, 0.25) is 0 Å². The summed E-state index contributed by atoms with van der Waals surface area (Å²) in [4.78, 5) is 0.428. The van der Waals surface area contributed by atoms with E-state index < -0.39 is 9.84 Å². The second kappa shape index (κ2) is 4.79. The van der Waals surface area contributed by atoms with Crippen LogP contribution in [0, 0.1) is 11.8 Å². The van der Waals surface area contributed by atoms with Crippen molar-refractivity contribution in [2.75, 3.05) is 5.75 Å². The summed E-state index contributed by atoms with van der Waals surface area (Å²) < 4.78 is 23.9. The molecule has 0 saturated heterocycles. The molecule has 0 saturated carbocycles. The lowest BCUT2D eigenvalue weighted by Gasteiger charge is -2.15. The lowest BCUT2D eigenvalue weighted by atomic mass is 10.0. The highest BCUT2D eigenvalue weighted by Crippen LogP contribution is 2.18. The number of sulfone groups is 1. The van der Waals surface area contributed by atoms with Gasteiger partial charge in [-0.05, 0) is 24.0 Å². The largest absolute Gasteiger partial charge is 0.224 e. The van der Waals surface area contributed by atoms with Crippen LogP contribution in [0.4, 0.5) is 0 Å². The lowest BCUT2D eigenvalue weighted by Crippen LogP contribution is -2.18. The lowest BCUT2D eigenvalue weighted by molar-refractivity contribution is 0.452. The Bertz CT molecular complexity index is 393. The summed E-state index contributed by atoms with van der Waals surface area (Å²) in [5.41, 5.74) is 0. The molecule has 0 spiro atoms. The summed E-state index contributed by atoms with van der Waals surface area (Å²) in [6.07, 6.45) is 0. The summed E-state index contributed by atoms with van der Waals surface area (Å²) in [5, 5.41) is 0. The molecule has 1 aromatic carbocycles. The Hall–Kier alpha value is -0.830. The van der Waals surface area contributed by atoms with E-state index in [4.69, 9.17) is 0 Å². The van der Waals surface area contributed by atoms with Crippen LogP contribution >= 0.6 is 0 Å². The zero-order valence-electron chi connectivity index (χ0n) is 9.47. The molecule has 0 bridgehead atoms. The molecular formula is C12H18O2S. The van der Waals surface area contributed by atoms with Crippen LogP contribution in [0.1, 0.15) is 20.8 Å². The first-order chi connectivity index (χ1) is 6.93. The molecule has 3 heteroatoms. The van der Waals surface area contributed by atoms with Gasteiger partial charge in [0.05, 0.1) is 10.6 Å². The molecule has 0 fully saturated rings. The molecular weight excluding hydrogens is 208 g/mol. The van der Waals surface area contributed by atoms with Crippen LogP contribution < -0.4 is 0 Å². The van der Waals surface area contributed by atoms with Gasteiger partial charge in [0.2, 0.25) is 0 Å². The van der Waals surface area contributed by atoms with Crippen molar-refractivity contribution in [3.8, 4) is 0 Å². The highest BCUT2D eigenvalue weighted by molar-refractivity contribution is 7.91. The van der Waals surface area contributed by atoms with Crippen molar-refractivity contribution in [2.45, 2.75) is 25.7 Å². The molecule has 0 unspecified atom stereocenters. The molecule has 0 aliphatic carbocycles. The van der Waals surface area contributed by atoms with Crippen LogP contribution in [0.3, 0.4) is 0 Å². The van der Waals surface area contributed by atoms with Crippen molar-refractivity contribution in [3.63, 3.8) is 0 Å². The van der Waals surface area contributed by atoms with Crippen molar-refractivity contribution in [2.24, 2.45) is 11.8 Å². The molecule has 0 aromatic heterocycles. The van der Waals surface area contributed by atoms with Crippen LogP contribution in [0.15, 0.2) is 35.2 Å². The van der Waals surface area contributed by atoms with Gasteiger partial charge in [-0.2, -0.15) is 0 Å². The zero-order chi connectivity index (χ0) is 11.5. The number of benzene rings is 1. The Morgan fingerprint density at radius 3 is 2.07 bits per heavy atom. The van der Waals surface area contributed by atoms with Crippen LogP contribution in [0.25, 0.3) is 0 Å². The fraction of sp³-hybridized carbons (Fsp3) is 0.500. The zero-order valence-corrected chi connectivity index (χ0v) is 10.3. The summed E-state index contributed by atoms with van der Waals surface area (Å²) in [6.45, 7) is 6.07. The molecule has 15 heavy (non-hydrogen) atoms. The summed E-state index contributed by atoms with van der Waals surface area (Å²) in [5.74, 6) is 0.813. The van der Waals surface area contributed by atoms with Crippen LogP contribution in [0.5, 0.6) is 0 Å². The molecule has 0 N–H and O–H groups in total. The first-order valence-corrected chi connectivity index (χ1v) is 6.86. The monoisotopic (exact) mass is 226 g/mol. The van der Waals surface area contributed by atoms with E-state index >= 15 is 0 Å². The summed E-state index contributed by atoms with van der Waals surface area (Å²) in [7, 11) is -3.10. The first-order valence-electron chi connectivity index (χ1n) is 5.21. The van der Waals surface area contributed by atoms with Gasteiger partial charge in [0.25, 0.3) is 0 Å². The SMILES string of the molecule is CC(C)[C@@H](C)CS(=O)(=O)c1ccccc1. The predicted molar refractivity (Wildman–Crippen MR) is 62.5 cm³/mol. The molecule has 0 aliphatic heterocycles. The Kier molecular flexibility index (Phi) is 3.91. The minimum Gasteiger partial charge on any atom is -0.224 e. The van der Waals surface area contributed by atoms with E-state index in [9.17, 15) is 8.42 Å². The van der Waals surface area contributed by atoms with Gasteiger partial charge in [-0.1, -0.05) is 39.0 Å². The Morgan fingerprint density at radius 1 is 1.07 bits per heavy atom. The van der Waals surface area contributed by atoms with Gasteiger partial charge < -0.3 is 0 Å². The first kappa shape index (κ1) is 12.2. The summed E-state index contributed by atoms with van der Waals surface area (Å²) >= 11 is 0. The number of hydrogen-bond donors (Lipinski definition) is 0. The van der Waals surface area contributed by atoms with Crippen molar-refractivity contribution >= 4 is 9.84 Å². The highest BCUT2D eigenvalue weighted by Gasteiger charge is 2.19. The van der Waals surface area contributed by atoms with Gasteiger partial charge in [0, 0.05) is 0 Å². The maximum absolute atomic E-state index is 11.9. The standard InChI is InChI=1S/C12H18O2S/c1-10(2)11(3)9-15(13,14)12-7-5-4-6-8-12/h4-8,10-11H,9H2,1-3H3/t11-/m0/s1. The van der Waals surface area contributed by atoms with Crippen LogP contribution in [-0.4, -0.2) is 14.2 Å². The molecule has 1 atom stereocenters. The van der Waals surface area contributed by atoms with Gasteiger partial charge in [-0.15, -0.1) is 0 Å². The molecule has 84 valence electrons. The van der Waals surface area contributed by atoms with E-state index in [1.165, 1.54) is 0 Å². The van der Waals surface area contributed by atoms with Crippen molar-refractivity contribution < 1.29 is 8.42 Å². The number of rotatable bonds is 4. The Morgan fingerprint density at radius 2 is 1.60 bits per heavy atom. The quantitative estimate of drug-likeness (QED) is 0.791. The second-order valence-corrected chi connectivity index (χ2v) is 6.35. The average molecular weight is 226 g/mol. The Labute approximate surface area is 92.2 Å². The van der Waals surface area contributed by atoms with E-state index in [1.54, 1.807) is 24.3 Å². The topological polar surface area (TPSA) is 34.1 Å². The molecule has 0 aliphatic rings. The fourth-order valence-electron chi connectivity index (χ4n) is 1.26. The smallest absolute Gasteiger partial charge is 0.178 e. The van der Waals surface area contributed by atoms with Crippen LogP contribution in [-0.2, 0) is 9.84 Å². The van der Waals surface area contributed by atoms with Crippen molar-refractivity contribution in [1.82, 2.24) is 0 Å². The van der Waals surface area contributed by atoms with E-state index in [0.29, 0.717) is 10.8 Å². The van der Waals surface area contributed by atoms with E-state index in [2.05, 4.69) is 0 Å². The van der Waals surface area contributed by atoms with Gasteiger partial charge in [0.1, 0.15) is 0 Å². The maximum atomic E-state index is 11.9. The van der Waals surface area contributed by atoms with E-state index in [0.717, 1.165) is 0 Å². The molecule has 0 amide bonds. The molecule has 0 heterocycles. The van der Waals surface area contributed by atoms with Crippen molar-refractivity contribution in [3.05, 3.63) is 30.3 Å². The minimum absolute atomic E-state index is 0.190. The molecule has 1 rings (SSSR count). The minimum atomic E-state index is -3.10. The van der Waals surface area contributed by atoms with Gasteiger partial charge in [-0.3, -0.25) is 0 Å². The Balaban J connectivity index is 2.86. The average Bonchev–Trinajstić information content (AvgIpc) is 2.18. The molecule has 1 aromatic rings. The third-order valence-electron chi connectivity index (χ3n) is 2.72. The predicted octanol–water partition coefficient (Wildman–Crippen LogP) is 2.75. The van der Waals surface area contributed by atoms with Crippen molar-refractivity contribution in [1.29, 1.82) is 0 Å². The third kappa shape index (κ3) is 3.34. The fourth-order valence-corrected chi connectivity index (χ4v) is 3.10. The summed E-state index contributed by atoms with van der Waals surface area (Å²) in [6, 6.07) is 8.65. The third-order valence-corrected chi connectivity index (χ3v) is 4.68. The molecule has 0 radical (unpaired) electrons. The second-order valence-electron chi connectivity index (χ2n) is 4.32. The molecule has 2 nitrogen and oxygen atoms in total. The van der Waals surface area contributed by atoms with Gasteiger partial charge >= 0.3 is 0 Å². The normalized spacial score (nSPS) is 14.1. The van der Waals surface area contributed by atoms with Gasteiger partial charge in [-0.25, -0.2) is 8.42 Å². The maximum Gasteiger partial charge on any atom is 0.178 e.